The summed E-state index contributed by atoms with van der Waals surface area (Å²) in [5.74, 6) is -3.94. The second kappa shape index (κ2) is 11.5. The fourth-order valence-corrected chi connectivity index (χ4v) is 5.18. The van der Waals surface area contributed by atoms with Gasteiger partial charge in [0, 0.05) is 6.26 Å². The number of aliphatic carboxylic acids is 1. The Bertz CT molecular complexity index is 1290. The molecule has 0 spiro atoms. The summed E-state index contributed by atoms with van der Waals surface area (Å²) < 4.78 is 54.9. The van der Waals surface area contributed by atoms with E-state index in [0.717, 1.165) is 19.4 Å². The average Bonchev–Trinajstić information content (AvgIpc) is 2.71. The highest BCUT2D eigenvalue weighted by Crippen LogP contribution is 2.24. The standard InChI is InChI=1S/C10H9ClO6S.C9H9ClO4S/c1-17-10(14)6-2-3-7(11)8(4-6)18(15,16)5-9(12)13;1-14-9(11)6-3-4-7(10)8(5-6)15(2,12)13/h2-4H,5H2,1H3,(H,12,13);3-5H,1-2H3. The minimum atomic E-state index is -4.09. The quantitative estimate of drug-likeness (QED) is 0.539. The van der Waals surface area contributed by atoms with E-state index in [2.05, 4.69) is 9.47 Å². The third-order valence-corrected chi connectivity index (χ3v) is 7.41. The van der Waals surface area contributed by atoms with Gasteiger partial charge in [0.25, 0.3) is 0 Å². The van der Waals surface area contributed by atoms with Crippen molar-refractivity contribution in [3.05, 3.63) is 57.6 Å². The van der Waals surface area contributed by atoms with Crippen LogP contribution in [-0.2, 0) is 33.9 Å². The Labute approximate surface area is 199 Å². The molecule has 0 aliphatic carbocycles. The van der Waals surface area contributed by atoms with Gasteiger partial charge in [-0.05, 0) is 36.4 Å². The maximum Gasteiger partial charge on any atom is 0.337 e. The fraction of sp³-hybridized carbons (Fsp3) is 0.211. The average molecular weight is 541 g/mol. The number of carbonyl (C=O) groups excluding carboxylic acids is 2. The van der Waals surface area contributed by atoms with Gasteiger partial charge in [0.05, 0.1) is 45.2 Å². The summed E-state index contributed by atoms with van der Waals surface area (Å²) in [6, 6.07) is 7.43. The zero-order valence-corrected chi connectivity index (χ0v) is 20.5. The molecule has 0 heterocycles. The summed E-state index contributed by atoms with van der Waals surface area (Å²) >= 11 is 11.4. The molecule has 2 aromatic carbocycles. The molecule has 0 fully saturated rings. The van der Waals surface area contributed by atoms with Crippen molar-refractivity contribution in [2.45, 2.75) is 9.79 Å². The molecule has 0 aromatic heterocycles. The largest absolute Gasteiger partial charge is 0.480 e. The Balaban J connectivity index is 0.000000335. The number of carboxylic acids is 1. The van der Waals surface area contributed by atoms with Crippen molar-refractivity contribution in [2.24, 2.45) is 0 Å². The molecule has 0 atom stereocenters. The molecule has 2 aromatic rings. The van der Waals surface area contributed by atoms with E-state index in [4.69, 9.17) is 28.3 Å². The van der Waals surface area contributed by atoms with Gasteiger partial charge in [-0.1, -0.05) is 23.2 Å². The van der Waals surface area contributed by atoms with Gasteiger partial charge in [-0.25, -0.2) is 26.4 Å². The molecule has 2 rings (SSSR count). The lowest BCUT2D eigenvalue weighted by Crippen LogP contribution is -2.16. The van der Waals surface area contributed by atoms with Gasteiger partial charge in [0.1, 0.15) is 0 Å². The Morgan fingerprint density at radius 2 is 1.21 bits per heavy atom. The van der Waals surface area contributed by atoms with E-state index in [-0.39, 0.29) is 26.1 Å². The van der Waals surface area contributed by atoms with Crippen molar-refractivity contribution in [3.8, 4) is 0 Å². The van der Waals surface area contributed by atoms with Gasteiger partial charge in [0.15, 0.2) is 25.4 Å². The molecule has 14 heteroatoms. The smallest absolute Gasteiger partial charge is 0.337 e. The van der Waals surface area contributed by atoms with Crippen molar-refractivity contribution in [1.29, 1.82) is 0 Å². The Morgan fingerprint density at radius 1 is 0.818 bits per heavy atom. The number of benzene rings is 2. The molecule has 0 unspecified atom stereocenters. The van der Waals surface area contributed by atoms with E-state index >= 15 is 0 Å². The first kappa shape index (κ1) is 28.4. The van der Waals surface area contributed by atoms with Crippen molar-refractivity contribution >= 4 is 60.8 Å². The molecule has 0 radical (unpaired) electrons. The van der Waals surface area contributed by atoms with Gasteiger partial charge in [-0.2, -0.15) is 0 Å². The number of hydrogen-bond acceptors (Lipinski definition) is 9. The lowest BCUT2D eigenvalue weighted by molar-refractivity contribution is -0.134. The molecule has 10 nitrogen and oxygen atoms in total. The number of rotatable bonds is 6. The minimum Gasteiger partial charge on any atom is -0.480 e. The fourth-order valence-electron chi connectivity index (χ4n) is 2.26. The highest BCUT2D eigenvalue weighted by Gasteiger charge is 2.23. The highest BCUT2D eigenvalue weighted by atomic mass is 35.5. The number of ether oxygens (including phenoxy) is 2. The van der Waals surface area contributed by atoms with Gasteiger partial charge in [0.2, 0.25) is 0 Å². The predicted molar refractivity (Wildman–Crippen MR) is 118 cm³/mol. The number of sulfone groups is 2. The molecule has 0 saturated carbocycles. The molecule has 180 valence electrons. The van der Waals surface area contributed by atoms with Crippen LogP contribution in [0, 0.1) is 0 Å². The van der Waals surface area contributed by atoms with E-state index in [0.29, 0.717) is 0 Å². The maximum absolute atomic E-state index is 11.7. The molecule has 0 aliphatic rings. The van der Waals surface area contributed by atoms with Gasteiger partial charge >= 0.3 is 17.9 Å². The van der Waals surface area contributed by atoms with E-state index < -0.39 is 48.2 Å². The highest BCUT2D eigenvalue weighted by molar-refractivity contribution is 7.92. The molecular formula is C19H18Cl2O10S2. The summed E-state index contributed by atoms with van der Waals surface area (Å²) in [5.41, 5.74) is 0.133. The van der Waals surface area contributed by atoms with E-state index in [1.165, 1.54) is 37.4 Å². The molecule has 0 bridgehead atoms. The van der Waals surface area contributed by atoms with Crippen LogP contribution < -0.4 is 0 Å². The molecule has 1 N–H and O–H groups in total. The third-order valence-electron chi connectivity index (χ3n) is 3.75. The van der Waals surface area contributed by atoms with Crippen LogP contribution in [0.15, 0.2) is 46.2 Å². The van der Waals surface area contributed by atoms with Crippen LogP contribution in [0.2, 0.25) is 10.0 Å². The maximum atomic E-state index is 11.7. The van der Waals surface area contributed by atoms with Crippen molar-refractivity contribution in [1.82, 2.24) is 0 Å². The Morgan fingerprint density at radius 3 is 1.58 bits per heavy atom. The first-order chi connectivity index (χ1) is 15.1. The Hall–Kier alpha value is -2.67. The predicted octanol–water partition coefficient (Wildman–Crippen LogP) is 2.52. The zero-order chi connectivity index (χ0) is 25.6. The SMILES string of the molecule is COC(=O)c1ccc(Cl)c(S(=O)(=O)CC(=O)O)c1.COC(=O)c1ccc(Cl)c(S(C)(=O)=O)c1. The number of carbonyl (C=O) groups is 3. The topological polar surface area (TPSA) is 158 Å². The van der Waals surface area contributed by atoms with Crippen LogP contribution in [0.3, 0.4) is 0 Å². The number of halogens is 2. The van der Waals surface area contributed by atoms with E-state index in [1.807, 2.05) is 0 Å². The minimum absolute atomic E-state index is 0.0223. The van der Waals surface area contributed by atoms with Crippen molar-refractivity contribution in [3.63, 3.8) is 0 Å². The van der Waals surface area contributed by atoms with E-state index in [9.17, 15) is 31.2 Å². The Kier molecular flexibility index (Phi) is 9.85. The zero-order valence-electron chi connectivity index (χ0n) is 17.4. The summed E-state index contributed by atoms with van der Waals surface area (Å²) in [4.78, 5) is 32.4. The first-order valence-electron chi connectivity index (χ1n) is 8.54. The van der Waals surface area contributed by atoms with Gasteiger partial charge in [-0.15, -0.1) is 0 Å². The van der Waals surface area contributed by atoms with Crippen molar-refractivity contribution in [2.75, 3.05) is 26.2 Å². The van der Waals surface area contributed by atoms with Gasteiger partial charge < -0.3 is 14.6 Å². The third kappa shape index (κ3) is 8.00. The monoisotopic (exact) mass is 540 g/mol. The molecule has 0 aliphatic heterocycles. The van der Waals surface area contributed by atoms with Crippen LogP contribution in [0.1, 0.15) is 20.7 Å². The summed E-state index contributed by atoms with van der Waals surface area (Å²) in [6.07, 6.45) is 1.02. The lowest BCUT2D eigenvalue weighted by Gasteiger charge is -2.06. The second-order valence-corrected chi connectivity index (χ2v) is 11.0. The summed E-state index contributed by atoms with van der Waals surface area (Å²) in [5, 5.41) is 8.45. The first-order valence-corrected chi connectivity index (χ1v) is 12.8. The number of methoxy groups -OCH3 is 2. The summed E-state index contributed by atoms with van der Waals surface area (Å²) in [7, 11) is -5.17. The normalized spacial score (nSPS) is 11.1. The van der Waals surface area contributed by atoms with Crippen LogP contribution in [0.5, 0.6) is 0 Å². The second-order valence-electron chi connectivity index (χ2n) is 6.20. The summed E-state index contributed by atoms with van der Waals surface area (Å²) in [6.45, 7) is 0. The molecule has 0 amide bonds. The molecule has 0 saturated heterocycles. The van der Waals surface area contributed by atoms with Crippen molar-refractivity contribution < 1.29 is 45.8 Å². The van der Waals surface area contributed by atoms with Gasteiger partial charge in [-0.3, -0.25) is 4.79 Å². The molecular weight excluding hydrogens is 523 g/mol. The van der Waals surface area contributed by atoms with E-state index in [1.54, 1.807) is 0 Å². The number of esters is 2. The van der Waals surface area contributed by atoms with Crippen LogP contribution >= 0.6 is 23.2 Å². The van der Waals surface area contributed by atoms with Crippen LogP contribution in [-0.4, -0.2) is 66.1 Å². The van der Waals surface area contributed by atoms with Crippen LogP contribution in [0.4, 0.5) is 0 Å². The lowest BCUT2D eigenvalue weighted by atomic mass is 10.2. The van der Waals surface area contributed by atoms with Crippen LogP contribution in [0.25, 0.3) is 0 Å². The molecule has 33 heavy (non-hydrogen) atoms. The number of carboxylic acid groups (broad SMARTS) is 1. The number of hydrogen-bond donors (Lipinski definition) is 1.